The quantitative estimate of drug-likeness (QED) is 0.544. The number of halogens is 3. The van der Waals surface area contributed by atoms with E-state index in [0.29, 0.717) is 6.07 Å². The van der Waals surface area contributed by atoms with Gasteiger partial charge in [0.1, 0.15) is 0 Å². The van der Waals surface area contributed by atoms with Crippen LogP contribution in [-0.4, -0.2) is 33.7 Å². The first-order valence-electron chi connectivity index (χ1n) is 5.70. The Morgan fingerprint density at radius 1 is 1.29 bits per heavy atom. The molecule has 0 aliphatic carbocycles. The van der Waals surface area contributed by atoms with Crippen LogP contribution in [0.15, 0.2) is 18.2 Å². The summed E-state index contributed by atoms with van der Waals surface area (Å²) in [5.41, 5.74) is 3.44. The molecule has 0 radical (unpaired) electrons. The minimum atomic E-state index is -4.65. The van der Waals surface area contributed by atoms with E-state index in [2.05, 4.69) is 10.0 Å². The Morgan fingerprint density at radius 2 is 1.90 bits per heavy atom. The van der Waals surface area contributed by atoms with Crippen molar-refractivity contribution in [1.29, 1.82) is 0 Å². The van der Waals surface area contributed by atoms with Gasteiger partial charge in [-0.2, -0.15) is 13.2 Å². The first-order chi connectivity index (χ1) is 9.50. The average molecular weight is 325 g/mol. The number of alkyl halides is 3. The highest BCUT2D eigenvalue weighted by molar-refractivity contribution is 7.88. The van der Waals surface area contributed by atoms with Gasteiger partial charge >= 0.3 is 6.18 Å². The zero-order valence-corrected chi connectivity index (χ0v) is 11.8. The Balaban J connectivity index is 2.71. The number of rotatable bonds is 5. The summed E-state index contributed by atoms with van der Waals surface area (Å²) in [6.45, 7) is -0.122. The first-order valence-corrected chi connectivity index (χ1v) is 7.59. The zero-order chi connectivity index (χ0) is 16.3. The number of nitrogen functional groups attached to an aromatic ring is 1. The van der Waals surface area contributed by atoms with Gasteiger partial charge in [-0.3, -0.25) is 4.79 Å². The number of nitrogens with one attached hydrogen (secondary N) is 2. The average Bonchev–Trinajstić information content (AvgIpc) is 2.32. The van der Waals surface area contributed by atoms with Crippen molar-refractivity contribution in [2.75, 3.05) is 25.1 Å². The minimum absolute atomic E-state index is 0.0579. The largest absolute Gasteiger partial charge is 0.418 e. The van der Waals surface area contributed by atoms with Crippen molar-refractivity contribution in [2.24, 2.45) is 0 Å². The van der Waals surface area contributed by atoms with E-state index in [1.54, 1.807) is 0 Å². The Hall–Kier alpha value is -1.81. The number of sulfonamides is 1. The lowest BCUT2D eigenvalue weighted by Gasteiger charge is -2.12. The van der Waals surface area contributed by atoms with Gasteiger partial charge in [-0.05, 0) is 18.2 Å². The molecule has 21 heavy (non-hydrogen) atoms. The topological polar surface area (TPSA) is 101 Å². The molecule has 1 aromatic rings. The van der Waals surface area contributed by atoms with Crippen molar-refractivity contribution in [2.45, 2.75) is 6.18 Å². The summed E-state index contributed by atoms with van der Waals surface area (Å²) >= 11 is 0. The normalized spacial score (nSPS) is 12.2. The van der Waals surface area contributed by atoms with Gasteiger partial charge in [0.2, 0.25) is 10.0 Å². The molecule has 1 rings (SSSR count). The Bertz CT molecular complexity index is 629. The van der Waals surface area contributed by atoms with Gasteiger partial charge in [0.15, 0.2) is 0 Å². The van der Waals surface area contributed by atoms with Crippen molar-refractivity contribution in [1.82, 2.24) is 10.0 Å². The second-order valence-corrected chi connectivity index (χ2v) is 6.06. The van der Waals surface area contributed by atoms with E-state index in [4.69, 9.17) is 5.73 Å². The maximum absolute atomic E-state index is 12.6. The summed E-state index contributed by atoms with van der Waals surface area (Å²) in [6, 6.07) is 2.80. The highest BCUT2D eigenvalue weighted by Gasteiger charge is 2.33. The van der Waals surface area contributed by atoms with Crippen molar-refractivity contribution in [3.05, 3.63) is 29.3 Å². The van der Waals surface area contributed by atoms with Crippen LogP contribution in [0.5, 0.6) is 0 Å². The maximum atomic E-state index is 12.6. The Labute approximate surface area is 119 Å². The number of hydrogen-bond acceptors (Lipinski definition) is 4. The number of carbonyl (C=O) groups is 1. The Kier molecular flexibility index (Phi) is 5.18. The lowest BCUT2D eigenvalue weighted by atomic mass is 10.1. The summed E-state index contributed by atoms with van der Waals surface area (Å²) in [7, 11) is -3.38. The predicted molar refractivity (Wildman–Crippen MR) is 71.0 cm³/mol. The summed E-state index contributed by atoms with van der Waals surface area (Å²) < 4.78 is 61.6. The standard InChI is InChI=1S/C11H14F3N3O3S/c1-21(19,20)17-5-4-16-10(18)7-2-3-9(15)8(6-7)11(12,13)14/h2-3,6,17H,4-5,15H2,1H3,(H,16,18). The fourth-order valence-corrected chi connectivity index (χ4v) is 1.93. The molecule has 0 saturated heterocycles. The molecular weight excluding hydrogens is 311 g/mol. The molecule has 10 heteroatoms. The lowest BCUT2D eigenvalue weighted by molar-refractivity contribution is -0.136. The second-order valence-electron chi connectivity index (χ2n) is 4.22. The third-order valence-corrected chi connectivity index (χ3v) is 3.12. The van der Waals surface area contributed by atoms with E-state index in [-0.39, 0.29) is 18.7 Å². The van der Waals surface area contributed by atoms with Gasteiger partial charge in [-0.1, -0.05) is 0 Å². The number of hydrogen-bond donors (Lipinski definition) is 3. The molecule has 4 N–H and O–H groups in total. The summed E-state index contributed by atoms with van der Waals surface area (Å²) in [6.07, 6.45) is -3.71. The molecule has 0 fully saturated rings. The molecule has 0 aliphatic rings. The summed E-state index contributed by atoms with van der Waals surface area (Å²) in [5.74, 6) is -0.754. The fourth-order valence-electron chi connectivity index (χ4n) is 1.46. The molecule has 0 aromatic heterocycles. The van der Waals surface area contributed by atoms with Crippen molar-refractivity contribution in [3.63, 3.8) is 0 Å². The smallest absolute Gasteiger partial charge is 0.398 e. The fraction of sp³-hybridized carbons (Fsp3) is 0.364. The molecule has 0 saturated carbocycles. The van der Waals surface area contributed by atoms with Gasteiger partial charge in [-0.25, -0.2) is 13.1 Å². The molecular formula is C11H14F3N3O3S. The lowest BCUT2D eigenvalue weighted by Crippen LogP contribution is -2.34. The SMILES string of the molecule is CS(=O)(=O)NCCNC(=O)c1ccc(N)c(C(F)(F)F)c1. The van der Waals surface area contributed by atoms with Crippen LogP contribution in [0.4, 0.5) is 18.9 Å². The van der Waals surface area contributed by atoms with E-state index in [9.17, 15) is 26.4 Å². The van der Waals surface area contributed by atoms with Crippen molar-refractivity contribution in [3.8, 4) is 0 Å². The van der Waals surface area contributed by atoms with E-state index in [1.165, 1.54) is 0 Å². The minimum Gasteiger partial charge on any atom is -0.398 e. The Morgan fingerprint density at radius 3 is 2.43 bits per heavy atom. The van der Waals surface area contributed by atoms with Gasteiger partial charge in [-0.15, -0.1) is 0 Å². The second kappa shape index (κ2) is 6.31. The van der Waals surface area contributed by atoms with Crippen LogP contribution in [0, 0.1) is 0 Å². The van der Waals surface area contributed by atoms with Crippen LogP contribution in [0.1, 0.15) is 15.9 Å². The molecule has 6 nitrogen and oxygen atoms in total. The molecule has 1 aromatic carbocycles. The first kappa shape index (κ1) is 17.2. The van der Waals surface area contributed by atoms with Gasteiger partial charge < -0.3 is 11.1 Å². The number of carbonyl (C=O) groups excluding carboxylic acids is 1. The molecule has 0 heterocycles. The van der Waals surface area contributed by atoms with Gasteiger partial charge in [0.25, 0.3) is 5.91 Å². The molecule has 118 valence electrons. The maximum Gasteiger partial charge on any atom is 0.418 e. The monoisotopic (exact) mass is 325 g/mol. The van der Waals surface area contributed by atoms with E-state index in [0.717, 1.165) is 18.4 Å². The predicted octanol–water partition coefficient (Wildman–Crippen LogP) is 0.567. The van der Waals surface area contributed by atoms with Crippen LogP contribution >= 0.6 is 0 Å². The van der Waals surface area contributed by atoms with E-state index < -0.39 is 33.4 Å². The highest BCUT2D eigenvalue weighted by atomic mass is 32.2. The van der Waals surface area contributed by atoms with E-state index >= 15 is 0 Å². The van der Waals surface area contributed by atoms with Crippen LogP contribution in [0.3, 0.4) is 0 Å². The molecule has 0 unspecified atom stereocenters. The van der Waals surface area contributed by atoms with E-state index in [1.807, 2.05) is 0 Å². The van der Waals surface area contributed by atoms with Gasteiger partial charge in [0.05, 0.1) is 11.8 Å². The van der Waals surface area contributed by atoms with Crippen molar-refractivity contribution < 1.29 is 26.4 Å². The number of nitrogens with two attached hydrogens (primary N) is 1. The van der Waals surface area contributed by atoms with Gasteiger partial charge in [0, 0.05) is 24.3 Å². The molecule has 0 atom stereocenters. The van der Waals surface area contributed by atoms with Crippen LogP contribution in [0.2, 0.25) is 0 Å². The van der Waals surface area contributed by atoms with Crippen LogP contribution < -0.4 is 15.8 Å². The number of amides is 1. The molecule has 0 aliphatic heterocycles. The van der Waals surface area contributed by atoms with Crippen LogP contribution in [0.25, 0.3) is 0 Å². The van der Waals surface area contributed by atoms with Crippen molar-refractivity contribution >= 4 is 21.6 Å². The van der Waals surface area contributed by atoms with Crippen LogP contribution in [-0.2, 0) is 16.2 Å². The summed E-state index contributed by atoms with van der Waals surface area (Å²) in [5, 5.41) is 2.30. The molecule has 1 amide bonds. The number of benzene rings is 1. The molecule has 0 spiro atoms. The highest BCUT2D eigenvalue weighted by Crippen LogP contribution is 2.33. The molecule has 0 bridgehead atoms. The number of anilines is 1. The third-order valence-electron chi connectivity index (χ3n) is 2.40. The third kappa shape index (κ3) is 5.60. The zero-order valence-electron chi connectivity index (χ0n) is 11.0. The summed E-state index contributed by atoms with van der Waals surface area (Å²) in [4.78, 5) is 11.7.